The molecule has 1 fully saturated rings. The Morgan fingerprint density at radius 1 is 1.35 bits per heavy atom. The topological polar surface area (TPSA) is 86.7 Å². The van der Waals surface area contributed by atoms with Gasteiger partial charge in [-0.3, -0.25) is 9.59 Å². The summed E-state index contributed by atoms with van der Waals surface area (Å²) in [6.07, 6.45) is 0. The third kappa shape index (κ3) is 2.49. The first-order valence-electron chi connectivity index (χ1n) is 6.28. The number of nitrogens with one attached hydrogen (secondary N) is 1. The second-order valence-corrected chi connectivity index (χ2v) is 4.84. The van der Waals surface area contributed by atoms with Crippen molar-refractivity contribution in [3.63, 3.8) is 0 Å². The lowest BCUT2D eigenvalue weighted by molar-refractivity contribution is -0.144. The smallest absolute Gasteiger partial charge is 0.328 e. The van der Waals surface area contributed by atoms with E-state index in [-0.39, 0.29) is 19.0 Å². The van der Waals surface area contributed by atoms with E-state index in [1.54, 1.807) is 12.1 Å². The first kappa shape index (κ1) is 14.0. The van der Waals surface area contributed by atoms with Crippen LogP contribution in [0, 0.1) is 13.8 Å². The maximum Gasteiger partial charge on any atom is 0.328 e. The number of carboxylic acids is 1. The molecule has 1 heterocycles. The van der Waals surface area contributed by atoms with E-state index < -0.39 is 17.9 Å². The Kier molecular flexibility index (Phi) is 3.74. The van der Waals surface area contributed by atoms with E-state index in [1.165, 1.54) is 0 Å². The van der Waals surface area contributed by atoms with Crippen LogP contribution in [0.4, 0.5) is 0 Å². The van der Waals surface area contributed by atoms with E-state index in [0.29, 0.717) is 5.56 Å². The molecule has 2 N–H and O–H groups in total. The van der Waals surface area contributed by atoms with E-state index in [2.05, 4.69) is 5.32 Å². The van der Waals surface area contributed by atoms with Crippen molar-refractivity contribution < 1.29 is 19.5 Å². The van der Waals surface area contributed by atoms with Crippen molar-refractivity contribution in [2.45, 2.75) is 19.9 Å². The molecule has 1 aliphatic rings. The summed E-state index contributed by atoms with van der Waals surface area (Å²) in [6, 6.07) is 4.25. The lowest BCUT2D eigenvalue weighted by Crippen LogP contribution is -2.59. The van der Waals surface area contributed by atoms with E-state index in [1.807, 2.05) is 19.9 Å². The van der Waals surface area contributed by atoms with Gasteiger partial charge in [-0.1, -0.05) is 12.1 Å². The minimum Gasteiger partial charge on any atom is -0.480 e. The molecule has 0 saturated carbocycles. The molecular formula is C14H16N2O4. The number of amides is 2. The van der Waals surface area contributed by atoms with Crippen LogP contribution >= 0.6 is 0 Å². The number of carbonyl (C=O) groups is 3. The number of carbonyl (C=O) groups excluding carboxylic acids is 2. The zero-order valence-electron chi connectivity index (χ0n) is 11.3. The van der Waals surface area contributed by atoms with Crippen molar-refractivity contribution in [2.24, 2.45) is 0 Å². The fourth-order valence-electron chi connectivity index (χ4n) is 2.21. The zero-order chi connectivity index (χ0) is 14.9. The maximum atomic E-state index is 12.5. The average Bonchev–Trinajstić information content (AvgIpc) is 2.40. The molecule has 1 atom stereocenters. The number of benzene rings is 1. The van der Waals surface area contributed by atoms with Gasteiger partial charge in [0.1, 0.15) is 12.6 Å². The summed E-state index contributed by atoms with van der Waals surface area (Å²) in [5, 5.41) is 11.6. The van der Waals surface area contributed by atoms with Gasteiger partial charge in [-0.05, 0) is 31.0 Å². The largest absolute Gasteiger partial charge is 0.480 e. The van der Waals surface area contributed by atoms with Crippen molar-refractivity contribution in [3.05, 3.63) is 34.9 Å². The normalized spacial score (nSPS) is 18.6. The van der Waals surface area contributed by atoms with Gasteiger partial charge in [0.25, 0.3) is 5.91 Å². The van der Waals surface area contributed by atoms with Crippen molar-refractivity contribution >= 4 is 17.8 Å². The van der Waals surface area contributed by atoms with E-state index in [0.717, 1.165) is 16.0 Å². The number of nitrogens with zero attached hydrogens (tertiary/aromatic N) is 1. The number of carboxylic acid groups (broad SMARTS) is 1. The molecule has 1 aliphatic heterocycles. The summed E-state index contributed by atoms with van der Waals surface area (Å²) in [4.78, 5) is 36.3. The molecule has 0 aliphatic carbocycles. The van der Waals surface area contributed by atoms with Crippen LogP contribution in [0.15, 0.2) is 18.2 Å². The van der Waals surface area contributed by atoms with Crippen molar-refractivity contribution in [1.29, 1.82) is 0 Å². The predicted octanol–water partition coefficient (Wildman–Crippen LogP) is 0.329. The molecule has 1 unspecified atom stereocenters. The summed E-state index contributed by atoms with van der Waals surface area (Å²) in [6.45, 7) is 3.39. The standard InChI is InChI=1S/C14H16N2O4/c1-8-4-3-5-10(9(8)2)13(18)16-7-12(17)15-6-11(16)14(19)20/h3-5,11H,6-7H2,1-2H3,(H,15,17)(H,19,20). The Labute approximate surface area is 116 Å². The molecule has 1 saturated heterocycles. The number of rotatable bonds is 2. The highest BCUT2D eigenvalue weighted by Gasteiger charge is 2.36. The highest BCUT2D eigenvalue weighted by molar-refractivity contribution is 6.01. The van der Waals surface area contributed by atoms with Crippen LogP contribution < -0.4 is 5.32 Å². The van der Waals surface area contributed by atoms with Crippen molar-refractivity contribution in [2.75, 3.05) is 13.1 Å². The molecule has 2 amide bonds. The van der Waals surface area contributed by atoms with Gasteiger partial charge in [0.2, 0.25) is 5.91 Å². The monoisotopic (exact) mass is 276 g/mol. The van der Waals surface area contributed by atoms with Crippen LogP contribution in [0.3, 0.4) is 0 Å². The Hall–Kier alpha value is -2.37. The molecule has 0 radical (unpaired) electrons. The van der Waals surface area contributed by atoms with Crippen molar-refractivity contribution in [1.82, 2.24) is 10.2 Å². The summed E-state index contributed by atoms with van der Waals surface area (Å²) < 4.78 is 0. The zero-order valence-corrected chi connectivity index (χ0v) is 11.3. The van der Waals surface area contributed by atoms with Gasteiger partial charge in [0.15, 0.2) is 0 Å². The van der Waals surface area contributed by atoms with Gasteiger partial charge >= 0.3 is 5.97 Å². The quantitative estimate of drug-likeness (QED) is 0.815. The highest BCUT2D eigenvalue weighted by Crippen LogP contribution is 2.17. The number of aryl methyl sites for hydroxylation is 1. The van der Waals surface area contributed by atoms with Crippen LogP contribution in [0.25, 0.3) is 0 Å². The number of piperazine rings is 1. The van der Waals surface area contributed by atoms with E-state index in [9.17, 15) is 14.4 Å². The lowest BCUT2D eigenvalue weighted by Gasteiger charge is -2.33. The molecule has 6 heteroatoms. The molecule has 106 valence electrons. The molecule has 1 aromatic carbocycles. The summed E-state index contributed by atoms with van der Waals surface area (Å²) in [5.41, 5.74) is 2.18. The summed E-state index contributed by atoms with van der Waals surface area (Å²) in [5.74, 6) is -1.89. The second kappa shape index (κ2) is 5.32. The minimum atomic E-state index is -1.12. The average molecular weight is 276 g/mol. The fraction of sp³-hybridized carbons (Fsp3) is 0.357. The molecule has 1 aromatic rings. The second-order valence-electron chi connectivity index (χ2n) is 4.84. The van der Waals surface area contributed by atoms with E-state index in [4.69, 9.17) is 5.11 Å². The Balaban J connectivity index is 2.36. The number of hydrogen-bond acceptors (Lipinski definition) is 3. The molecule has 6 nitrogen and oxygen atoms in total. The fourth-order valence-corrected chi connectivity index (χ4v) is 2.21. The van der Waals surface area contributed by atoms with Gasteiger partial charge in [-0.2, -0.15) is 0 Å². The summed E-state index contributed by atoms with van der Waals surface area (Å²) in [7, 11) is 0. The van der Waals surface area contributed by atoms with Crippen LogP contribution in [-0.2, 0) is 9.59 Å². The molecule has 0 spiro atoms. The molecule has 2 rings (SSSR count). The maximum absolute atomic E-state index is 12.5. The molecule has 0 bridgehead atoms. The van der Waals surface area contributed by atoms with Gasteiger partial charge in [0, 0.05) is 12.1 Å². The Morgan fingerprint density at radius 3 is 2.70 bits per heavy atom. The van der Waals surface area contributed by atoms with Crippen LogP contribution in [0.2, 0.25) is 0 Å². The van der Waals surface area contributed by atoms with Gasteiger partial charge in [-0.15, -0.1) is 0 Å². The van der Waals surface area contributed by atoms with Gasteiger partial charge in [0.05, 0.1) is 0 Å². The Morgan fingerprint density at radius 2 is 2.05 bits per heavy atom. The van der Waals surface area contributed by atoms with Gasteiger partial charge in [-0.25, -0.2) is 4.79 Å². The third-order valence-electron chi connectivity index (χ3n) is 3.56. The molecule has 0 aromatic heterocycles. The van der Waals surface area contributed by atoms with Crippen LogP contribution in [0.1, 0.15) is 21.5 Å². The minimum absolute atomic E-state index is 0.0647. The number of aliphatic carboxylic acids is 1. The molecular weight excluding hydrogens is 260 g/mol. The number of hydrogen-bond donors (Lipinski definition) is 2. The summed E-state index contributed by atoms with van der Waals surface area (Å²) >= 11 is 0. The SMILES string of the molecule is Cc1cccc(C(=O)N2CC(=O)NCC2C(=O)O)c1C. The van der Waals surface area contributed by atoms with E-state index >= 15 is 0 Å². The highest BCUT2D eigenvalue weighted by atomic mass is 16.4. The van der Waals surface area contributed by atoms with Gasteiger partial charge < -0.3 is 15.3 Å². The first-order valence-corrected chi connectivity index (χ1v) is 6.28. The molecule has 20 heavy (non-hydrogen) atoms. The third-order valence-corrected chi connectivity index (χ3v) is 3.56. The lowest BCUT2D eigenvalue weighted by atomic mass is 10.0. The van der Waals surface area contributed by atoms with Crippen LogP contribution in [-0.4, -0.2) is 46.9 Å². The predicted molar refractivity (Wildman–Crippen MR) is 71.4 cm³/mol. The Bertz CT molecular complexity index is 583. The first-order chi connectivity index (χ1) is 9.41. The van der Waals surface area contributed by atoms with Crippen molar-refractivity contribution in [3.8, 4) is 0 Å². The van der Waals surface area contributed by atoms with Crippen LogP contribution in [0.5, 0.6) is 0 Å².